The molecule has 1 aromatic heterocycles. The third-order valence-corrected chi connectivity index (χ3v) is 7.49. The Bertz CT molecular complexity index is 1140. The van der Waals surface area contributed by atoms with Crippen molar-refractivity contribution < 1.29 is 9.53 Å². The highest BCUT2D eigenvalue weighted by Gasteiger charge is 2.25. The number of amides is 1. The van der Waals surface area contributed by atoms with E-state index in [2.05, 4.69) is 74.4 Å². The zero-order chi connectivity index (χ0) is 23.3. The van der Waals surface area contributed by atoms with Crippen LogP contribution < -0.4 is 10.2 Å². The molecule has 2 aromatic carbocycles. The zero-order valence-electron chi connectivity index (χ0n) is 19.6. The van der Waals surface area contributed by atoms with E-state index in [1.807, 2.05) is 6.07 Å². The number of nitrogens with zero attached hydrogens (tertiary/aromatic N) is 4. The predicted molar refractivity (Wildman–Crippen MR) is 135 cm³/mol. The molecule has 0 saturated carbocycles. The number of morpholine rings is 1. The minimum absolute atomic E-state index is 0.0259. The standard InChI is InChI=1S/C26H31N5O2S/c1-2-19-8-4-6-13-23(19)31-25(30-14-16-33-17-15-30)28-29-26(31)34-18-24(32)27-22-12-7-10-20-9-3-5-11-21(20)22/h3-6,8-9,11,13,22H,2,7,10,12,14-18H2,1H3,(H,27,32). The van der Waals surface area contributed by atoms with Crippen molar-refractivity contribution in [2.75, 3.05) is 37.0 Å². The SMILES string of the molecule is CCc1ccccc1-n1c(SCC(=O)NC2CCCc3ccccc32)nnc1N1CCOCC1. The van der Waals surface area contributed by atoms with E-state index < -0.39 is 0 Å². The molecule has 0 bridgehead atoms. The van der Waals surface area contributed by atoms with Crippen molar-refractivity contribution in [1.82, 2.24) is 20.1 Å². The Balaban J connectivity index is 1.36. The second kappa shape index (κ2) is 10.6. The molecular weight excluding hydrogens is 446 g/mol. The van der Waals surface area contributed by atoms with Gasteiger partial charge in [0.1, 0.15) is 0 Å². The molecule has 8 heteroatoms. The van der Waals surface area contributed by atoms with Crippen LogP contribution in [0.2, 0.25) is 0 Å². The van der Waals surface area contributed by atoms with Gasteiger partial charge in [-0.3, -0.25) is 9.36 Å². The Morgan fingerprint density at radius 2 is 1.91 bits per heavy atom. The fraction of sp³-hybridized carbons (Fsp3) is 0.423. The highest BCUT2D eigenvalue weighted by molar-refractivity contribution is 7.99. The molecule has 7 nitrogen and oxygen atoms in total. The lowest BCUT2D eigenvalue weighted by molar-refractivity contribution is -0.119. The summed E-state index contributed by atoms with van der Waals surface area (Å²) in [6.07, 6.45) is 4.07. The van der Waals surface area contributed by atoms with Crippen LogP contribution in [0, 0.1) is 0 Å². The number of anilines is 1. The Kier molecular flexibility index (Phi) is 7.16. The van der Waals surface area contributed by atoms with Crippen molar-refractivity contribution in [3.05, 3.63) is 65.2 Å². The number of aromatic nitrogens is 3. The molecule has 1 aliphatic carbocycles. The van der Waals surface area contributed by atoms with Crippen molar-refractivity contribution in [1.29, 1.82) is 0 Å². The summed E-state index contributed by atoms with van der Waals surface area (Å²) < 4.78 is 7.65. The molecule has 1 unspecified atom stereocenters. The molecule has 1 aliphatic heterocycles. The molecule has 1 atom stereocenters. The fourth-order valence-corrected chi connectivity index (χ4v) is 5.58. The van der Waals surface area contributed by atoms with Crippen LogP contribution in [0.5, 0.6) is 0 Å². The van der Waals surface area contributed by atoms with Gasteiger partial charge in [0.25, 0.3) is 0 Å². The molecule has 178 valence electrons. The van der Waals surface area contributed by atoms with Gasteiger partial charge >= 0.3 is 0 Å². The molecule has 0 radical (unpaired) electrons. The van der Waals surface area contributed by atoms with E-state index >= 15 is 0 Å². The first-order valence-electron chi connectivity index (χ1n) is 12.1. The van der Waals surface area contributed by atoms with Gasteiger partial charge in [-0.15, -0.1) is 10.2 Å². The number of rotatable bonds is 7. The number of nitrogens with one attached hydrogen (secondary N) is 1. The van der Waals surface area contributed by atoms with Gasteiger partial charge in [0.2, 0.25) is 11.9 Å². The lowest BCUT2D eigenvalue weighted by Gasteiger charge is -2.28. The Labute approximate surface area is 204 Å². The van der Waals surface area contributed by atoms with Crippen LogP contribution in [0.4, 0.5) is 5.95 Å². The first kappa shape index (κ1) is 22.9. The summed E-state index contributed by atoms with van der Waals surface area (Å²) in [5.41, 5.74) is 4.89. The summed E-state index contributed by atoms with van der Waals surface area (Å²) in [4.78, 5) is 15.2. The van der Waals surface area contributed by atoms with Crippen molar-refractivity contribution >= 4 is 23.6 Å². The van der Waals surface area contributed by atoms with Crippen molar-refractivity contribution in [2.45, 2.75) is 43.8 Å². The molecule has 1 N–H and O–H groups in total. The zero-order valence-corrected chi connectivity index (χ0v) is 20.4. The van der Waals surface area contributed by atoms with Gasteiger partial charge in [-0.05, 0) is 48.4 Å². The summed E-state index contributed by atoms with van der Waals surface area (Å²) in [5.74, 6) is 1.14. The van der Waals surface area contributed by atoms with Gasteiger partial charge < -0.3 is 15.0 Å². The van der Waals surface area contributed by atoms with Gasteiger partial charge in [0.05, 0.1) is 30.7 Å². The largest absolute Gasteiger partial charge is 0.378 e. The predicted octanol–water partition coefficient (Wildman–Crippen LogP) is 3.95. The second-order valence-electron chi connectivity index (χ2n) is 8.70. The Morgan fingerprint density at radius 1 is 1.12 bits per heavy atom. The molecule has 5 rings (SSSR count). The molecule has 0 spiro atoms. The topological polar surface area (TPSA) is 72.3 Å². The highest BCUT2D eigenvalue weighted by Crippen LogP contribution is 2.31. The number of para-hydroxylation sites is 1. The molecule has 34 heavy (non-hydrogen) atoms. The van der Waals surface area contributed by atoms with Crippen molar-refractivity contribution in [3.63, 3.8) is 0 Å². The summed E-state index contributed by atoms with van der Waals surface area (Å²) in [6, 6.07) is 16.9. The van der Waals surface area contributed by atoms with E-state index in [0.717, 1.165) is 55.6 Å². The van der Waals surface area contributed by atoms with E-state index in [9.17, 15) is 4.79 Å². The van der Waals surface area contributed by atoms with Crippen LogP contribution in [0.25, 0.3) is 5.69 Å². The summed E-state index contributed by atoms with van der Waals surface area (Å²) in [6.45, 7) is 5.06. The minimum atomic E-state index is 0.0259. The van der Waals surface area contributed by atoms with Gasteiger partial charge in [0.15, 0.2) is 5.16 Å². The molecule has 3 aromatic rings. The highest BCUT2D eigenvalue weighted by atomic mass is 32.2. The maximum Gasteiger partial charge on any atom is 0.232 e. The van der Waals surface area contributed by atoms with Crippen LogP contribution in [-0.2, 0) is 22.4 Å². The number of hydrogen-bond acceptors (Lipinski definition) is 6. The molecule has 2 heterocycles. The van der Waals surface area contributed by atoms with Crippen LogP contribution in [-0.4, -0.2) is 52.7 Å². The van der Waals surface area contributed by atoms with Crippen molar-refractivity contribution in [2.24, 2.45) is 0 Å². The number of carbonyl (C=O) groups excluding carboxylic acids is 1. The Hall–Kier alpha value is -2.84. The average Bonchev–Trinajstić information content (AvgIpc) is 3.32. The van der Waals surface area contributed by atoms with Crippen LogP contribution in [0.15, 0.2) is 53.7 Å². The van der Waals surface area contributed by atoms with Crippen molar-refractivity contribution in [3.8, 4) is 5.69 Å². The summed E-state index contributed by atoms with van der Waals surface area (Å²) >= 11 is 1.44. The molecule has 2 aliphatic rings. The number of thioether (sulfide) groups is 1. The van der Waals surface area contributed by atoms with Gasteiger partial charge in [-0.25, -0.2) is 0 Å². The van der Waals surface area contributed by atoms with E-state index in [-0.39, 0.29) is 11.9 Å². The van der Waals surface area contributed by atoms with Crippen LogP contribution >= 0.6 is 11.8 Å². The van der Waals surface area contributed by atoms with E-state index in [1.54, 1.807) is 0 Å². The van der Waals surface area contributed by atoms with E-state index in [4.69, 9.17) is 4.74 Å². The average molecular weight is 478 g/mol. The number of carbonyl (C=O) groups is 1. The second-order valence-corrected chi connectivity index (χ2v) is 9.64. The number of aryl methyl sites for hydroxylation is 2. The molecular formula is C26H31N5O2S. The number of fused-ring (bicyclic) bond motifs is 1. The van der Waals surface area contributed by atoms with Gasteiger partial charge in [-0.1, -0.05) is 61.2 Å². The van der Waals surface area contributed by atoms with E-state index in [1.165, 1.54) is 28.5 Å². The Morgan fingerprint density at radius 3 is 2.76 bits per heavy atom. The van der Waals surface area contributed by atoms with Gasteiger partial charge in [-0.2, -0.15) is 0 Å². The normalized spacial score (nSPS) is 17.9. The first-order valence-corrected chi connectivity index (χ1v) is 13.1. The molecule has 1 saturated heterocycles. The van der Waals surface area contributed by atoms with E-state index in [0.29, 0.717) is 19.0 Å². The lowest BCUT2D eigenvalue weighted by atomic mass is 9.88. The monoisotopic (exact) mass is 477 g/mol. The maximum absolute atomic E-state index is 13.0. The lowest BCUT2D eigenvalue weighted by Crippen LogP contribution is -2.38. The third kappa shape index (κ3) is 4.83. The number of benzene rings is 2. The van der Waals surface area contributed by atoms with Gasteiger partial charge in [0, 0.05) is 13.1 Å². The summed E-state index contributed by atoms with van der Waals surface area (Å²) in [5, 5.41) is 13.0. The molecule has 1 fully saturated rings. The quantitative estimate of drug-likeness (QED) is 0.520. The number of ether oxygens (including phenoxy) is 1. The smallest absolute Gasteiger partial charge is 0.232 e. The minimum Gasteiger partial charge on any atom is -0.378 e. The summed E-state index contributed by atoms with van der Waals surface area (Å²) in [7, 11) is 0. The van der Waals surface area contributed by atoms with Crippen LogP contribution in [0.3, 0.4) is 0 Å². The number of hydrogen-bond donors (Lipinski definition) is 1. The van der Waals surface area contributed by atoms with Crippen LogP contribution in [0.1, 0.15) is 42.5 Å². The molecule has 1 amide bonds. The third-order valence-electron chi connectivity index (χ3n) is 6.56. The fourth-order valence-electron chi connectivity index (χ4n) is 4.83. The maximum atomic E-state index is 13.0. The first-order chi connectivity index (χ1) is 16.7.